The van der Waals surface area contributed by atoms with E-state index in [0.717, 1.165) is 31.6 Å². The first-order valence-corrected chi connectivity index (χ1v) is 7.71. The molecule has 110 valence electrons. The maximum atomic E-state index is 6.44. The number of rotatable bonds is 3. The van der Waals surface area contributed by atoms with Crippen molar-refractivity contribution in [2.75, 3.05) is 6.61 Å². The van der Waals surface area contributed by atoms with Gasteiger partial charge in [-0.2, -0.15) is 0 Å². The van der Waals surface area contributed by atoms with Gasteiger partial charge in [-0.25, -0.2) is 0 Å². The Kier molecular flexibility index (Phi) is 3.98. The highest BCUT2D eigenvalue weighted by Crippen LogP contribution is 2.28. The van der Waals surface area contributed by atoms with Crippen molar-refractivity contribution in [3.05, 3.63) is 64.2 Å². The van der Waals surface area contributed by atoms with Crippen LogP contribution in [0.2, 0.25) is 0 Å². The fourth-order valence-corrected chi connectivity index (χ4v) is 2.99. The summed E-state index contributed by atoms with van der Waals surface area (Å²) in [6, 6.07) is 13.0. The Morgan fingerprint density at radius 3 is 2.86 bits per heavy atom. The molecule has 1 aliphatic rings. The van der Waals surface area contributed by atoms with Crippen molar-refractivity contribution >= 4 is 0 Å². The lowest BCUT2D eigenvalue weighted by atomic mass is 9.93. The van der Waals surface area contributed by atoms with E-state index in [0.29, 0.717) is 0 Å². The minimum Gasteiger partial charge on any atom is -0.493 e. The molecule has 1 atom stereocenters. The molecule has 2 heteroatoms. The Labute approximate surface area is 126 Å². The summed E-state index contributed by atoms with van der Waals surface area (Å²) < 4.78 is 5.67. The SMILES string of the molecule is Cc1ccc(C)c(CC(N)c2ccc3c(c2)CCCO3)c1. The Hall–Kier alpha value is -1.80. The minimum absolute atomic E-state index is 0.0396. The molecule has 1 aliphatic heterocycles. The molecular weight excluding hydrogens is 258 g/mol. The maximum Gasteiger partial charge on any atom is 0.122 e. The molecule has 0 fully saturated rings. The van der Waals surface area contributed by atoms with Gasteiger partial charge >= 0.3 is 0 Å². The standard InChI is InChI=1S/C19H23NO/c1-13-5-6-14(2)17(10-13)12-18(20)15-7-8-19-16(11-15)4-3-9-21-19/h5-8,10-11,18H,3-4,9,12,20H2,1-2H3. The predicted octanol–water partition coefficient (Wildman–Crippen LogP) is 3.87. The van der Waals surface area contributed by atoms with Gasteiger partial charge in [-0.15, -0.1) is 0 Å². The van der Waals surface area contributed by atoms with E-state index in [9.17, 15) is 0 Å². The second-order valence-electron chi connectivity index (χ2n) is 6.06. The zero-order valence-electron chi connectivity index (χ0n) is 12.9. The van der Waals surface area contributed by atoms with Crippen molar-refractivity contribution in [1.82, 2.24) is 0 Å². The molecule has 21 heavy (non-hydrogen) atoms. The molecule has 2 aromatic rings. The van der Waals surface area contributed by atoms with Crippen molar-refractivity contribution in [1.29, 1.82) is 0 Å². The largest absolute Gasteiger partial charge is 0.493 e. The number of hydrogen-bond acceptors (Lipinski definition) is 2. The summed E-state index contributed by atoms with van der Waals surface area (Å²) >= 11 is 0. The van der Waals surface area contributed by atoms with Crippen LogP contribution in [0.5, 0.6) is 5.75 Å². The fourth-order valence-electron chi connectivity index (χ4n) is 2.99. The van der Waals surface area contributed by atoms with Gasteiger partial charge in [-0.1, -0.05) is 35.9 Å². The highest BCUT2D eigenvalue weighted by atomic mass is 16.5. The Morgan fingerprint density at radius 1 is 1.14 bits per heavy atom. The number of nitrogens with two attached hydrogens (primary N) is 1. The van der Waals surface area contributed by atoms with Crippen molar-refractivity contribution in [2.24, 2.45) is 5.73 Å². The van der Waals surface area contributed by atoms with Crippen LogP contribution in [0.25, 0.3) is 0 Å². The number of ether oxygens (including phenoxy) is 1. The van der Waals surface area contributed by atoms with Crippen LogP contribution in [-0.4, -0.2) is 6.61 Å². The molecule has 1 heterocycles. The van der Waals surface area contributed by atoms with Crippen molar-refractivity contribution < 1.29 is 4.74 Å². The second kappa shape index (κ2) is 5.90. The summed E-state index contributed by atoms with van der Waals surface area (Å²) in [6.07, 6.45) is 3.08. The molecule has 0 aromatic heterocycles. The van der Waals surface area contributed by atoms with Gasteiger partial charge in [0, 0.05) is 6.04 Å². The van der Waals surface area contributed by atoms with Crippen LogP contribution in [0, 0.1) is 13.8 Å². The first kappa shape index (κ1) is 14.2. The fraction of sp³-hybridized carbons (Fsp3) is 0.368. The lowest BCUT2D eigenvalue weighted by Gasteiger charge is -2.20. The molecule has 2 aromatic carbocycles. The Morgan fingerprint density at radius 2 is 2.00 bits per heavy atom. The van der Waals surface area contributed by atoms with Gasteiger partial charge in [-0.05, 0) is 61.4 Å². The summed E-state index contributed by atoms with van der Waals surface area (Å²) in [6.45, 7) is 5.12. The van der Waals surface area contributed by atoms with E-state index in [1.54, 1.807) is 0 Å². The molecule has 0 saturated carbocycles. The van der Waals surface area contributed by atoms with E-state index in [4.69, 9.17) is 10.5 Å². The maximum absolute atomic E-state index is 6.44. The van der Waals surface area contributed by atoms with Crippen molar-refractivity contribution in [3.8, 4) is 5.75 Å². The van der Waals surface area contributed by atoms with Gasteiger partial charge in [0.1, 0.15) is 5.75 Å². The van der Waals surface area contributed by atoms with E-state index >= 15 is 0 Å². The van der Waals surface area contributed by atoms with Gasteiger partial charge in [-0.3, -0.25) is 0 Å². The van der Waals surface area contributed by atoms with Gasteiger partial charge in [0.05, 0.1) is 6.61 Å². The third-order valence-electron chi connectivity index (χ3n) is 4.31. The molecule has 1 unspecified atom stereocenters. The van der Waals surface area contributed by atoms with Crippen LogP contribution >= 0.6 is 0 Å². The van der Waals surface area contributed by atoms with Crippen LogP contribution < -0.4 is 10.5 Å². The minimum atomic E-state index is 0.0396. The highest BCUT2D eigenvalue weighted by Gasteiger charge is 2.14. The summed E-state index contributed by atoms with van der Waals surface area (Å²) in [5, 5.41) is 0. The van der Waals surface area contributed by atoms with Gasteiger partial charge < -0.3 is 10.5 Å². The van der Waals surface area contributed by atoms with Crippen molar-refractivity contribution in [2.45, 2.75) is 39.2 Å². The van der Waals surface area contributed by atoms with Gasteiger partial charge in [0.15, 0.2) is 0 Å². The van der Waals surface area contributed by atoms with E-state index < -0.39 is 0 Å². The molecular formula is C19H23NO. The summed E-state index contributed by atoms with van der Waals surface area (Å²) in [5.41, 5.74) is 12.9. The molecule has 3 rings (SSSR count). The third kappa shape index (κ3) is 3.11. The Bertz CT molecular complexity index is 648. The van der Waals surface area contributed by atoms with Crippen molar-refractivity contribution in [3.63, 3.8) is 0 Å². The molecule has 0 aliphatic carbocycles. The van der Waals surface area contributed by atoms with E-state index in [1.807, 2.05) is 0 Å². The third-order valence-corrected chi connectivity index (χ3v) is 4.31. The van der Waals surface area contributed by atoms with Crippen LogP contribution in [0.3, 0.4) is 0 Å². The number of fused-ring (bicyclic) bond motifs is 1. The van der Waals surface area contributed by atoms with E-state index in [2.05, 4.69) is 50.2 Å². The number of aryl methyl sites for hydroxylation is 3. The average Bonchev–Trinajstić information content (AvgIpc) is 2.50. The lowest BCUT2D eigenvalue weighted by molar-refractivity contribution is 0.288. The monoisotopic (exact) mass is 281 g/mol. The quantitative estimate of drug-likeness (QED) is 0.927. The summed E-state index contributed by atoms with van der Waals surface area (Å²) in [4.78, 5) is 0. The zero-order valence-corrected chi connectivity index (χ0v) is 12.9. The Balaban J connectivity index is 1.82. The van der Waals surface area contributed by atoms with Crippen LogP contribution in [0.4, 0.5) is 0 Å². The van der Waals surface area contributed by atoms with Crippen LogP contribution in [0.1, 0.15) is 40.3 Å². The van der Waals surface area contributed by atoms with Crippen LogP contribution in [-0.2, 0) is 12.8 Å². The normalized spacial score (nSPS) is 15.2. The molecule has 0 amide bonds. The highest BCUT2D eigenvalue weighted by molar-refractivity contribution is 5.40. The zero-order chi connectivity index (χ0) is 14.8. The summed E-state index contributed by atoms with van der Waals surface area (Å²) in [7, 11) is 0. The number of hydrogen-bond donors (Lipinski definition) is 1. The second-order valence-corrected chi connectivity index (χ2v) is 6.06. The average molecular weight is 281 g/mol. The van der Waals surface area contributed by atoms with E-state index in [-0.39, 0.29) is 6.04 Å². The molecule has 0 saturated heterocycles. The van der Waals surface area contributed by atoms with Crippen LogP contribution in [0.15, 0.2) is 36.4 Å². The topological polar surface area (TPSA) is 35.2 Å². The first-order chi connectivity index (χ1) is 10.1. The first-order valence-electron chi connectivity index (χ1n) is 7.71. The van der Waals surface area contributed by atoms with E-state index in [1.165, 1.54) is 27.8 Å². The van der Waals surface area contributed by atoms with Gasteiger partial charge in [0.25, 0.3) is 0 Å². The smallest absolute Gasteiger partial charge is 0.122 e. The van der Waals surface area contributed by atoms with Gasteiger partial charge in [0.2, 0.25) is 0 Å². The molecule has 0 radical (unpaired) electrons. The molecule has 2 N–H and O–H groups in total. The molecule has 0 spiro atoms. The summed E-state index contributed by atoms with van der Waals surface area (Å²) in [5.74, 6) is 1.03. The number of benzene rings is 2. The molecule has 2 nitrogen and oxygen atoms in total. The lowest BCUT2D eigenvalue weighted by Crippen LogP contribution is -2.16. The predicted molar refractivity (Wildman–Crippen MR) is 86.8 cm³/mol. The molecule has 0 bridgehead atoms.